The monoisotopic (exact) mass is 224 g/mol. The molecule has 1 atom stereocenters. The molecular formula is C14H24O2. The Morgan fingerprint density at radius 2 is 2.00 bits per heavy atom. The van der Waals surface area contributed by atoms with Gasteiger partial charge in [0.25, 0.3) is 0 Å². The zero-order valence-electron chi connectivity index (χ0n) is 10.4. The zero-order chi connectivity index (χ0) is 11.9. The minimum Gasteiger partial charge on any atom is -0.353 e. The summed E-state index contributed by atoms with van der Waals surface area (Å²) >= 11 is 0. The van der Waals surface area contributed by atoms with Gasteiger partial charge in [-0.15, -0.1) is 13.2 Å². The number of hydrogen-bond donors (Lipinski definition) is 0. The molecule has 92 valence electrons. The first-order valence-corrected chi connectivity index (χ1v) is 6.27. The predicted octanol–water partition coefficient (Wildman–Crippen LogP) is 3.83. The van der Waals surface area contributed by atoms with Crippen molar-refractivity contribution in [3.8, 4) is 0 Å². The summed E-state index contributed by atoms with van der Waals surface area (Å²) in [4.78, 5) is 0. The Bertz CT molecular complexity index is 213. The summed E-state index contributed by atoms with van der Waals surface area (Å²) in [6.07, 6.45) is 9.86. The van der Waals surface area contributed by atoms with Crippen LogP contribution < -0.4 is 0 Å². The third-order valence-electron chi connectivity index (χ3n) is 3.07. The van der Waals surface area contributed by atoms with E-state index < -0.39 is 0 Å². The summed E-state index contributed by atoms with van der Waals surface area (Å²) in [7, 11) is 0. The van der Waals surface area contributed by atoms with E-state index in [4.69, 9.17) is 9.47 Å². The Balaban J connectivity index is 2.55. The van der Waals surface area contributed by atoms with Gasteiger partial charge in [-0.3, -0.25) is 0 Å². The third kappa shape index (κ3) is 3.76. The van der Waals surface area contributed by atoms with Gasteiger partial charge in [0.2, 0.25) is 0 Å². The highest BCUT2D eigenvalue weighted by Crippen LogP contribution is 2.33. The van der Waals surface area contributed by atoms with Crippen LogP contribution in [0.5, 0.6) is 0 Å². The Morgan fingerprint density at radius 3 is 2.56 bits per heavy atom. The summed E-state index contributed by atoms with van der Waals surface area (Å²) in [5.41, 5.74) is -0.111. The lowest BCUT2D eigenvalue weighted by Gasteiger charge is -2.40. The summed E-state index contributed by atoms with van der Waals surface area (Å²) in [5.74, 6) is 0. The number of ether oxygens (including phenoxy) is 2. The van der Waals surface area contributed by atoms with E-state index in [1.807, 2.05) is 12.2 Å². The fraction of sp³-hybridized carbons (Fsp3) is 0.714. The molecule has 1 fully saturated rings. The van der Waals surface area contributed by atoms with Crippen molar-refractivity contribution in [3.05, 3.63) is 25.3 Å². The van der Waals surface area contributed by atoms with Gasteiger partial charge in [0.1, 0.15) is 0 Å². The molecule has 0 saturated carbocycles. The van der Waals surface area contributed by atoms with Crippen molar-refractivity contribution in [1.29, 1.82) is 0 Å². The van der Waals surface area contributed by atoms with E-state index >= 15 is 0 Å². The Hall–Kier alpha value is -0.600. The first-order valence-electron chi connectivity index (χ1n) is 6.27. The molecule has 0 aromatic rings. The highest BCUT2D eigenvalue weighted by molar-refractivity contribution is 4.95. The Labute approximate surface area is 99.3 Å². The molecule has 2 heteroatoms. The minimum atomic E-state index is -0.111. The molecule has 1 heterocycles. The van der Waals surface area contributed by atoms with Gasteiger partial charge in [0.15, 0.2) is 6.29 Å². The van der Waals surface area contributed by atoms with Crippen LogP contribution in [0.25, 0.3) is 0 Å². The highest BCUT2D eigenvalue weighted by Gasteiger charge is 2.35. The van der Waals surface area contributed by atoms with Crippen LogP contribution in [0.4, 0.5) is 0 Å². The lowest BCUT2D eigenvalue weighted by Crippen LogP contribution is -2.43. The molecule has 1 aliphatic rings. The standard InChI is InChI=1S/C14H24O2/c1-4-7-8-13-15-12-11-14(16-13,9-5-2)10-6-3/h5-6,13H,2-4,7-12H2,1H3. The molecule has 1 unspecified atom stereocenters. The van der Waals surface area contributed by atoms with E-state index in [-0.39, 0.29) is 11.9 Å². The minimum absolute atomic E-state index is 0.0337. The SMILES string of the molecule is C=CCC1(CC=C)CCOC(CCCC)O1. The first-order chi connectivity index (χ1) is 7.76. The van der Waals surface area contributed by atoms with Crippen LogP contribution in [-0.2, 0) is 9.47 Å². The molecule has 0 spiro atoms. The van der Waals surface area contributed by atoms with Crippen molar-refractivity contribution in [1.82, 2.24) is 0 Å². The second-order valence-electron chi connectivity index (χ2n) is 4.48. The van der Waals surface area contributed by atoms with Crippen LogP contribution >= 0.6 is 0 Å². The number of rotatable bonds is 7. The van der Waals surface area contributed by atoms with Crippen molar-refractivity contribution in [3.63, 3.8) is 0 Å². The fourth-order valence-corrected chi connectivity index (χ4v) is 2.17. The van der Waals surface area contributed by atoms with Crippen molar-refractivity contribution >= 4 is 0 Å². The van der Waals surface area contributed by atoms with Crippen LogP contribution in [-0.4, -0.2) is 18.5 Å². The molecular weight excluding hydrogens is 200 g/mol. The molecule has 0 bridgehead atoms. The number of hydrogen-bond acceptors (Lipinski definition) is 2. The third-order valence-corrected chi connectivity index (χ3v) is 3.07. The van der Waals surface area contributed by atoms with Gasteiger partial charge in [-0.2, -0.15) is 0 Å². The molecule has 0 amide bonds. The molecule has 2 nitrogen and oxygen atoms in total. The topological polar surface area (TPSA) is 18.5 Å². The predicted molar refractivity (Wildman–Crippen MR) is 67.3 cm³/mol. The maximum atomic E-state index is 6.09. The van der Waals surface area contributed by atoms with Gasteiger partial charge in [0, 0.05) is 6.42 Å². The van der Waals surface area contributed by atoms with Gasteiger partial charge < -0.3 is 9.47 Å². The van der Waals surface area contributed by atoms with E-state index in [0.717, 1.165) is 38.7 Å². The maximum Gasteiger partial charge on any atom is 0.158 e. The Kier molecular flexibility index (Phi) is 5.78. The van der Waals surface area contributed by atoms with Crippen molar-refractivity contribution in [2.75, 3.05) is 6.61 Å². The summed E-state index contributed by atoms with van der Waals surface area (Å²) in [6.45, 7) is 10.6. The normalized spacial score (nSPS) is 23.9. The van der Waals surface area contributed by atoms with Gasteiger partial charge in [0.05, 0.1) is 12.2 Å². The number of unbranched alkanes of at least 4 members (excludes halogenated alkanes) is 1. The molecule has 16 heavy (non-hydrogen) atoms. The van der Waals surface area contributed by atoms with Crippen LogP contribution in [0.1, 0.15) is 45.4 Å². The zero-order valence-corrected chi connectivity index (χ0v) is 10.4. The lowest BCUT2D eigenvalue weighted by molar-refractivity contribution is -0.256. The average molecular weight is 224 g/mol. The van der Waals surface area contributed by atoms with Crippen LogP contribution in [0.15, 0.2) is 25.3 Å². The van der Waals surface area contributed by atoms with Gasteiger partial charge >= 0.3 is 0 Å². The smallest absolute Gasteiger partial charge is 0.158 e. The summed E-state index contributed by atoms with van der Waals surface area (Å²) in [6, 6.07) is 0. The largest absolute Gasteiger partial charge is 0.353 e. The van der Waals surface area contributed by atoms with E-state index in [0.29, 0.717) is 0 Å². The molecule has 0 aromatic carbocycles. The van der Waals surface area contributed by atoms with E-state index in [2.05, 4.69) is 20.1 Å². The van der Waals surface area contributed by atoms with Gasteiger partial charge in [-0.1, -0.05) is 25.5 Å². The quantitative estimate of drug-likeness (QED) is 0.612. The van der Waals surface area contributed by atoms with Gasteiger partial charge in [-0.05, 0) is 25.7 Å². The first kappa shape index (κ1) is 13.5. The fourth-order valence-electron chi connectivity index (χ4n) is 2.17. The van der Waals surface area contributed by atoms with Crippen LogP contribution in [0.3, 0.4) is 0 Å². The van der Waals surface area contributed by atoms with Crippen molar-refractivity contribution in [2.24, 2.45) is 0 Å². The van der Waals surface area contributed by atoms with E-state index in [1.165, 1.54) is 6.42 Å². The molecule has 1 saturated heterocycles. The molecule has 0 N–H and O–H groups in total. The molecule has 0 aliphatic carbocycles. The highest BCUT2D eigenvalue weighted by atomic mass is 16.7. The Morgan fingerprint density at radius 1 is 1.31 bits per heavy atom. The molecule has 0 radical (unpaired) electrons. The van der Waals surface area contributed by atoms with Crippen molar-refractivity contribution in [2.45, 2.75) is 57.3 Å². The van der Waals surface area contributed by atoms with E-state index in [9.17, 15) is 0 Å². The summed E-state index contributed by atoms with van der Waals surface area (Å²) in [5, 5.41) is 0. The van der Waals surface area contributed by atoms with Crippen LogP contribution in [0.2, 0.25) is 0 Å². The van der Waals surface area contributed by atoms with Crippen LogP contribution in [0, 0.1) is 0 Å². The molecule has 0 aromatic heterocycles. The van der Waals surface area contributed by atoms with Crippen molar-refractivity contribution < 1.29 is 9.47 Å². The second kappa shape index (κ2) is 6.87. The second-order valence-corrected chi connectivity index (χ2v) is 4.48. The maximum absolute atomic E-state index is 6.09. The average Bonchev–Trinajstić information content (AvgIpc) is 2.27. The lowest BCUT2D eigenvalue weighted by atomic mass is 9.90. The molecule has 1 rings (SSSR count). The summed E-state index contributed by atoms with van der Waals surface area (Å²) < 4.78 is 11.7. The van der Waals surface area contributed by atoms with Gasteiger partial charge in [-0.25, -0.2) is 0 Å². The molecule has 1 aliphatic heterocycles. The van der Waals surface area contributed by atoms with E-state index in [1.54, 1.807) is 0 Å².